The molecule has 4 heteroatoms. The Morgan fingerprint density at radius 2 is 1.86 bits per heavy atom. The lowest BCUT2D eigenvalue weighted by atomic mass is 9.85. The second kappa shape index (κ2) is 9.06. The van der Waals surface area contributed by atoms with Gasteiger partial charge in [-0.1, -0.05) is 64.4 Å². The van der Waals surface area contributed by atoms with Crippen molar-refractivity contribution >= 4 is 18.3 Å². The number of benzene rings is 1. The van der Waals surface area contributed by atoms with Crippen LogP contribution in [0.25, 0.3) is 0 Å². The molecule has 21 heavy (non-hydrogen) atoms. The molecule has 0 spiro atoms. The first-order valence-corrected chi connectivity index (χ1v) is 7.43. The number of hydrogen-bond donors (Lipinski definition) is 2. The fourth-order valence-electron chi connectivity index (χ4n) is 2.17. The van der Waals surface area contributed by atoms with E-state index in [0.29, 0.717) is 6.54 Å². The topological polar surface area (TPSA) is 55.1 Å². The maximum atomic E-state index is 12.0. The van der Waals surface area contributed by atoms with E-state index in [-0.39, 0.29) is 29.6 Å². The van der Waals surface area contributed by atoms with Crippen molar-refractivity contribution in [3.05, 3.63) is 35.9 Å². The van der Waals surface area contributed by atoms with E-state index >= 15 is 0 Å². The number of nitrogens with two attached hydrogens (primary N) is 1. The van der Waals surface area contributed by atoms with E-state index in [1.807, 2.05) is 25.1 Å². The van der Waals surface area contributed by atoms with Crippen molar-refractivity contribution in [2.75, 3.05) is 6.54 Å². The van der Waals surface area contributed by atoms with Gasteiger partial charge in [0.05, 0.1) is 6.04 Å². The summed E-state index contributed by atoms with van der Waals surface area (Å²) in [7, 11) is 0. The van der Waals surface area contributed by atoms with Gasteiger partial charge in [-0.2, -0.15) is 0 Å². The number of amides is 1. The molecular formula is C17H29ClN2O. The monoisotopic (exact) mass is 312 g/mol. The minimum absolute atomic E-state index is 0. The molecule has 0 aromatic heterocycles. The van der Waals surface area contributed by atoms with Crippen LogP contribution in [0, 0.1) is 11.3 Å². The Labute approximate surface area is 135 Å². The zero-order valence-corrected chi connectivity index (χ0v) is 14.4. The third kappa shape index (κ3) is 6.96. The fraction of sp³-hybridized carbons (Fsp3) is 0.588. The van der Waals surface area contributed by atoms with E-state index in [0.717, 1.165) is 12.8 Å². The lowest BCUT2D eigenvalue weighted by Crippen LogP contribution is -2.47. The molecule has 0 saturated heterocycles. The van der Waals surface area contributed by atoms with Gasteiger partial charge >= 0.3 is 0 Å². The molecule has 2 unspecified atom stereocenters. The predicted molar refractivity (Wildman–Crippen MR) is 91.6 cm³/mol. The predicted octanol–water partition coefficient (Wildman–Crippen LogP) is 3.17. The minimum atomic E-state index is -0.410. The maximum Gasteiger partial charge on any atom is 0.237 e. The number of rotatable bonds is 7. The Morgan fingerprint density at radius 3 is 2.38 bits per heavy atom. The van der Waals surface area contributed by atoms with Crippen molar-refractivity contribution in [2.24, 2.45) is 17.1 Å². The van der Waals surface area contributed by atoms with Crippen LogP contribution < -0.4 is 11.1 Å². The van der Waals surface area contributed by atoms with Gasteiger partial charge in [0.2, 0.25) is 5.91 Å². The quantitative estimate of drug-likeness (QED) is 0.812. The molecule has 0 bridgehead atoms. The largest absolute Gasteiger partial charge is 0.354 e. The van der Waals surface area contributed by atoms with Gasteiger partial charge in [0, 0.05) is 6.54 Å². The lowest BCUT2D eigenvalue weighted by Gasteiger charge is -2.27. The first-order valence-electron chi connectivity index (χ1n) is 7.43. The van der Waals surface area contributed by atoms with Crippen LogP contribution in [0.1, 0.15) is 39.7 Å². The molecule has 1 aromatic carbocycles. The number of carbonyl (C=O) groups is 1. The van der Waals surface area contributed by atoms with Crippen LogP contribution in [-0.2, 0) is 11.2 Å². The molecule has 0 aliphatic rings. The molecule has 2 atom stereocenters. The van der Waals surface area contributed by atoms with E-state index < -0.39 is 6.04 Å². The van der Waals surface area contributed by atoms with Crippen molar-refractivity contribution in [3.63, 3.8) is 0 Å². The molecule has 0 saturated carbocycles. The summed E-state index contributed by atoms with van der Waals surface area (Å²) in [5.74, 6) is 0.174. The zero-order valence-electron chi connectivity index (χ0n) is 13.6. The van der Waals surface area contributed by atoms with Gasteiger partial charge in [0.15, 0.2) is 0 Å². The summed E-state index contributed by atoms with van der Waals surface area (Å²) < 4.78 is 0. The lowest BCUT2D eigenvalue weighted by molar-refractivity contribution is -0.123. The smallest absolute Gasteiger partial charge is 0.237 e. The molecule has 1 amide bonds. The summed E-state index contributed by atoms with van der Waals surface area (Å²) in [5.41, 5.74) is 7.25. The molecule has 0 heterocycles. The normalized spacial score (nSPS) is 14.0. The highest BCUT2D eigenvalue weighted by molar-refractivity contribution is 5.85. The third-order valence-electron chi connectivity index (χ3n) is 3.83. The van der Waals surface area contributed by atoms with Gasteiger partial charge in [-0.15, -0.1) is 12.4 Å². The van der Waals surface area contributed by atoms with Gasteiger partial charge in [-0.3, -0.25) is 4.79 Å². The highest BCUT2D eigenvalue weighted by Crippen LogP contribution is 2.20. The molecular weight excluding hydrogens is 284 g/mol. The Kier molecular flexibility index (Phi) is 8.60. The second-order valence-corrected chi connectivity index (χ2v) is 6.46. The summed E-state index contributed by atoms with van der Waals surface area (Å²) in [6.45, 7) is 9.03. The summed E-state index contributed by atoms with van der Waals surface area (Å²) >= 11 is 0. The van der Waals surface area contributed by atoms with Crippen LogP contribution in [0.4, 0.5) is 0 Å². The van der Waals surface area contributed by atoms with Crippen LogP contribution in [0.2, 0.25) is 0 Å². The minimum Gasteiger partial charge on any atom is -0.354 e. The zero-order chi connectivity index (χ0) is 15.2. The maximum absolute atomic E-state index is 12.0. The highest BCUT2D eigenvalue weighted by atomic mass is 35.5. The van der Waals surface area contributed by atoms with Gasteiger partial charge in [-0.05, 0) is 23.3 Å². The molecule has 3 N–H and O–H groups in total. The number of halogens is 1. The molecule has 3 nitrogen and oxygen atoms in total. The fourth-order valence-corrected chi connectivity index (χ4v) is 2.17. The van der Waals surface area contributed by atoms with Crippen LogP contribution in [-0.4, -0.2) is 18.5 Å². The van der Waals surface area contributed by atoms with Crippen molar-refractivity contribution in [1.82, 2.24) is 5.32 Å². The standard InChI is InChI=1S/C17H28N2O.ClH/c1-5-13(2)15(18)16(20)19-12-17(3,4)11-14-9-7-6-8-10-14;/h6-10,13,15H,5,11-12,18H2,1-4H3,(H,19,20);1H. The van der Waals surface area contributed by atoms with Gasteiger partial charge in [0.25, 0.3) is 0 Å². The van der Waals surface area contributed by atoms with E-state index in [4.69, 9.17) is 5.73 Å². The molecule has 0 aliphatic carbocycles. The van der Waals surface area contributed by atoms with E-state index in [2.05, 4.69) is 38.2 Å². The molecule has 1 rings (SSSR count). The molecule has 120 valence electrons. The van der Waals surface area contributed by atoms with Crippen molar-refractivity contribution in [1.29, 1.82) is 0 Å². The average Bonchev–Trinajstić information content (AvgIpc) is 2.43. The number of carbonyl (C=O) groups excluding carboxylic acids is 1. The molecule has 0 aliphatic heterocycles. The van der Waals surface area contributed by atoms with E-state index in [1.54, 1.807) is 0 Å². The summed E-state index contributed by atoms with van der Waals surface area (Å²) in [6, 6.07) is 9.94. The van der Waals surface area contributed by atoms with Crippen LogP contribution in [0.15, 0.2) is 30.3 Å². The Hall–Kier alpha value is -1.06. The number of nitrogens with one attached hydrogen (secondary N) is 1. The summed E-state index contributed by atoms with van der Waals surface area (Å²) in [5, 5.41) is 2.99. The van der Waals surface area contributed by atoms with Gasteiger partial charge in [0.1, 0.15) is 0 Å². The third-order valence-corrected chi connectivity index (χ3v) is 3.83. The molecule has 1 aromatic rings. The van der Waals surface area contributed by atoms with Crippen LogP contribution in [0.3, 0.4) is 0 Å². The second-order valence-electron chi connectivity index (χ2n) is 6.46. The van der Waals surface area contributed by atoms with Gasteiger partial charge in [-0.25, -0.2) is 0 Å². The van der Waals surface area contributed by atoms with E-state index in [1.165, 1.54) is 5.56 Å². The van der Waals surface area contributed by atoms with Crippen molar-refractivity contribution < 1.29 is 4.79 Å². The first-order chi connectivity index (χ1) is 9.35. The van der Waals surface area contributed by atoms with Crippen LogP contribution >= 0.6 is 12.4 Å². The molecule has 0 fully saturated rings. The van der Waals surface area contributed by atoms with Crippen molar-refractivity contribution in [2.45, 2.75) is 46.6 Å². The average molecular weight is 313 g/mol. The first kappa shape index (κ1) is 19.9. The Balaban J connectivity index is 0.00000400. The van der Waals surface area contributed by atoms with Crippen molar-refractivity contribution in [3.8, 4) is 0 Å². The summed E-state index contributed by atoms with van der Waals surface area (Å²) in [6.07, 6.45) is 1.86. The SMILES string of the molecule is CCC(C)C(N)C(=O)NCC(C)(C)Cc1ccccc1.Cl. The van der Waals surface area contributed by atoms with Gasteiger partial charge < -0.3 is 11.1 Å². The Bertz CT molecular complexity index is 420. The summed E-state index contributed by atoms with van der Waals surface area (Å²) in [4.78, 5) is 12.0. The Morgan fingerprint density at radius 1 is 1.29 bits per heavy atom. The highest BCUT2D eigenvalue weighted by Gasteiger charge is 2.23. The molecule has 0 radical (unpaired) electrons. The van der Waals surface area contributed by atoms with E-state index in [9.17, 15) is 4.79 Å². The number of hydrogen-bond acceptors (Lipinski definition) is 2. The van der Waals surface area contributed by atoms with Crippen LogP contribution in [0.5, 0.6) is 0 Å².